The Balaban J connectivity index is 2.20. The first-order valence-electron chi connectivity index (χ1n) is 6.22. The predicted octanol–water partition coefficient (Wildman–Crippen LogP) is 3.28. The van der Waals surface area contributed by atoms with Crippen molar-refractivity contribution in [1.29, 1.82) is 0 Å². The number of hydrogen-bond donors (Lipinski definition) is 2. The van der Waals surface area contributed by atoms with Crippen molar-refractivity contribution in [3.63, 3.8) is 0 Å². The number of benzene rings is 1. The van der Waals surface area contributed by atoms with Crippen LogP contribution in [0.2, 0.25) is 0 Å². The van der Waals surface area contributed by atoms with Crippen LogP contribution in [-0.4, -0.2) is 22.0 Å². The third kappa shape index (κ3) is 3.88. The fraction of sp³-hybridized carbons (Fsp3) is 0.133. The maximum Gasteiger partial charge on any atom is 0.310 e. The SMILES string of the molecule is CC(C(=O)O)c1cccc(C(=O)Nc2cncc(Br)c2)c1. The average molecular weight is 349 g/mol. The van der Waals surface area contributed by atoms with E-state index in [0.717, 1.165) is 4.47 Å². The zero-order chi connectivity index (χ0) is 15.4. The van der Waals surface area contributed by atoms with Gasteiger partial charge in [-0.05, 0) is 46.6 Å². The molecule has 1 aromatic carbocycles. The van der Waals surface area contributed by atoms with Crippen molar-refractivity contribution in [2.75, 3.05) is 5.32 Å². The van der Waals surface area contributed by atoms with Crippen LogP contribution in [0.4, 0.5) is 5.69 Å². The van der Waals surface area contributed by atoms with Crippen LogP contribution < -0.4 is 5.32 Å². The van der Waals surface area contributed by atoms with E-state index in [9.17, 15) is 9.59 Å². The van der Waals surface area contributed by atoms with Crippen LogP contribution >= 0.6 is 15.9 Å². The molecule has 1 atom stereocenters. The van der Waals surface area contributed by atoms with Crippen molar-refractivity contribution in [3.05, 3.63) is 58.3 Å². The second-order valence-electron chi connectivity index (χ2n) is 4.53. The zero-order valence-electron chi connectivity index (χ0n) is 11.2. The number of carboxylic acid groups (broad SMARTS) is 1. The van der Waals surface area contributed by atoms with Crippen molar-refractivity contribution in [2.45, 2.75) is 12.8 Å². The summed E-state index contributed by atoms with van der Waals surface area (Å²) in [4.78, 5) is 27.1. The van der Waals surface area contributed by atoms with Crippen molar-refractivity contribution in [3.8, 4) is 0 Å². The lowest BCUT2D eigenvalue weighted by molar-refractivity contribution is -0.138. The van der Waals surface area contributed by atoms with Gasteiger partial charge < -0.3 is 10.4 Å². The average Bonchev–Trinajstić information content (AvgIpc) is 2.46. The molecule has 1 heterocycles. The highest BCUT2D eigenvalue weighted by molar-refractivity contribution is 9.10. The summed E-state index contributed by atoms with van der Waals surface area (Å²) in [6, 6.07) is 8.31. The van der Waals surface area contributed by atoms with Crippen LogP contribution in [0.1, 0.15) is 28.8 Å². The molecule has 0 aliphatic rings. The molecule has 1 aromatic heterocycles. The molecule has 108 valence electrons. The third-order valence-corrected chi connectivity index (χ3v) is 3.42. The van der Waals surface area contributed by atoms with E-state index in [1.807, 2.05) is 0 Å². The molecule has 21 heavy (non-hydrogen) atoms. The molecule has 0 spiro atoms. The molecule has 1 unspecified atom stereocenters. The Morgan fingerprint density at radius 3 is 2.71 bits per heavy atom. The van der Waals surface area contributed by atoms with Gasteiger partial charge in [-0.1, -0.05) is 12.1 Å². The zero-order valence-corrected chi connectivity index (χ0v) is 12.8. The smallest absolute Gasteiger partial charge is 0.310 e. The highest BCUT2D eigenvalue weighted by atomic mass is 79.9. The molecule has 2 aromatic rings. The Morgan fingerprint density at radius 2 is 2.05 bits per heavy atom. The van der Waals surface area contributed by atoms with Crippen molar-refractivity contribution < 1.29 is 14.7 Å². The Kier molecular flexibility index (Phi) is 4.70. The minimum Gasteiger partial charge on any atom is -0.481 e. The number of rotatable bonds is 4. The summed E-state index contributed by atoms with van der Waals surface area (Å²) in [5.74, 6) is -1.90. The monoisotopic (exact) mass is 348 g/mol. The molecular weight excluding hydrogens is 336 g/mol. The van der Waals surface area contributed by atoms with E-state index in [0.29, 0.717) is 16.8 Å². The summed E-state index contributed by atoms with van der Waals surface area (Å²) in [7, 11) is 0. The second kappa shape index (κ2) is 6.49. The quantitative estimate of drug-likeness (QED) is 0.888. The Hall–Kier alpha value is -2.21. The van der Waals surface area contributed by atoms with Crippen LogP contribution in [0.25, 0.3) is 0 Å². The van der Waals surface area contributed by atoms with Gasteiger partial charge in [0.05, 0.1) is 17.8 Å². The molecule has 0 aliphatic heterocycles. The molecule has 1 amide bonds. The number of carboxylic acids is 1. The first kappa shape index (κ1) is 15.2. The third-order valence-electron chi connectivity index (χ3n) is 2.98. The van der Waals surface area contributed by atoms with E-state index in [-0.39, 0.29) is 5.91 Å². The minimum absolute atomic E-state index is 0.311. The number of pyridine rings is 1. The van der Waals surface area contributed by atoms with E-state index in [2.05, 4.69) is 26.2 Å². The fourth-order valence-electron chi connectivity index (χ4n) is 1.78. The van der Waals surface area contributed by atoms with Gasteiger partial charge in [0, 0.05) is 16.2 Å². The number of halogens is 1. The van der Waals surface area contributed by atoms with E-state index < -0.39 is 11.9 Å². The van der Waals surface area contributed by atoms with Crippen LogP contribution in [0, 0.1) is 0 Å². The molecule has 0 saturated carbocycles. The van der Waals surface area contributed by atoms with E-state index >= 15 is 0 Å². The summed E-state index contributed by atoms with van der Waals surface area (Å²) >= 11 is 3.28. The van der Waals surface area contributed by atoms with Crippen LogP contribution in [0.5, 0.6) is 0 Å². The van der Waals surface area contributed by atoms with Gasteiger partial charge in [0.2, 0.25) is 0 Å². The molecule has 2 N–H and O–H groups in total. The first-order valence-corrected chi connectivity index (χ1v) is 7.01. The standard InChI is InChI=1S/C15H13BrN2O3/c1-9(15(20)21)10-3-2-4-11(5-10)14(19)18-13-6-12(16)7-17-8-13/h2-9H,1H3,(H,18,19)(H,20,21). The lowest BCUT2D eigenvalue weighted by atomic mass is 9.99. The molecular formula is C15H13BrN2O3. The van der Waals surface area contributed by atoms with E-state index in [1.165, 1.54) is 6.20 Å². The number of nitrogens with zero attached hydrogens (tertiary/aromatic N) is 1. The number of carbonyl (C=O) groups is 2. The Labute approximate surface area is 130 Å². The Bertz CT molecular complexity index is 688. The van der Waals surface area contributed by atoms with Gasteiger partial charge in [-0.2, -0.15) is 0 Å². The number of carbonyl (C=O) groups excluding carboxylic acids is 1. The van der Waals surface area contributed by atoms with Gasteiger partial charge in [0.15, 0.2) is 0 Å². The number of amides is 1. The summed E-state index contributed by atoms with van der Waals surface area (Å²) in [6.45, 7) is 1.58. The Morgan fingerprint density at radius 1 is 1.29 bits per heavy atom. The molecule has 6 heteroatoms. The molecule has 0 aliphatic carbocycles. The lowest BCUT2D eigenvalue weighted by Gasteiger charge is -2.09. The molecule has 0 bridgehead atoms. The van der Waals surface area contributed by atoms with Crippen LogP contribution in [-0.2, 0) is 4.79 Å². The van der Waals surface area contributed by atoms with Gasteiger partial charge in [0.1, 0.15) is 0 Å². The number of aliphatic carboxylic acids is 1. The lowest BCUT2D eigenvalue weighted by Crippen LogP contribution is -2.14. The van der Waals surface area contributed by atoms with Crippen LogP contribution in [0.3, 0.4) is 0 Å². The molecule has 0 fully saturated rings. The molecule has 5 nitrogen and oxygen atoms in total. The number of nitrogens with one attached hydrogen (secondary N) is 1. The molecule has 2 rings (SSSR count). The first-order chi connectivity index (χ1) is 9.97. The highest BCUT2D eigenvalue weighted by Gasteiger charge is 2.15. The summed E-state index contributed by atoms with van der Waals surface area (Å²) < 4.78 is 0.758. The molecule has 0 saturated heterocycles. The summed E-state index contributed by atoms with van der Waals surface area (Å²) in [5.41, 5.74) is 1.55. The number of hydrogen-bond acceptors (Lipinski definition) is 3. The van der Waals surface area contributed by atoms with Gasteiger partial charge in [0.25, 0.3) is 5.91 Å². The molecule has 0 radical (unpaired) electrons. The fourth-order valence-corrected chi connectivity index (χ4v) is 2.14. The second-order valence-corrected chi connectivity index (χ2v) is 5.45. The van der Waals surface area contributed by atoms with Crippen molar-refractivity contribution >= 4 is 33.5 Å². The van der Waals surface area contributed by atoms with Crippen molar-refractivity contribution in [2.24, 2.45) is 0 Å². The van der Waals surface area contributed by atoms with E-state index in [4.69, 9.17) is 5.11 Å². The van der Waals surface area contributed by atoms with E-state index in [1.54, 1.807) is 43.5 Å². The van der Waals surface area contributed by atoms with Gasteiger partial charge in [-0.3, -0.25) is 14.6 Å². The highest BCUT2D eigenvalue weighted by Crippen LogP contribution is 2.18. The van der Waals surface area contributed by atoms with Gasteiger partial charge in [-0.25, -0.2) is 0 Å². The normalized spacial score (nSPS) is 11.7. The topological polar surface area (TPSA) is 79.3 Å². The number of anilines is 1. The summed E-state index contributed by atoms with van der Waals surface area (Å²) in [5, 5.41) is 11.7. The number of aromatic nitrogens is 1. The van der Waals surface area contributed by atoms with Crippen molar-refractivity contribution in [1.82, 2.24) is 4.98 Å². The maximum absolute atomic E-state index is 12.2. The largest absolute Gasteiger partial charge is 0.481 e. The summed E-state index contributed by atoms with van der Waals surface area (Å²) in [6.07, 6.45) is 3.15. The van der Waals surface area contributed by atoms with Gasteiger partial charge in [-0.15, -0.1) is 0 Å². The maximum atomic E-state index is 12.2. The predicted molar refractivity (Wildman–Crippen MR) is 82.4 cm³/mol. The van der Waals surface area contributed by atoms with Gasteiger partial charge >= 0.3 is 5.97 Å². The minimum atomic E-state index is -0.927. The van der Waals surface area contributed by atoms with Crippen LogP contribution in [0.15, 0.2) is 47.2 Å².